The standard InChI is InChI=1S/C19H16Cl2N2O3S2/c1-12-2-8-16(27-12)11-22-19(24)13-3-6-15(7-4-13)23-28(25,26)18-10-14(20)5-9-17(18)21/h2-10,23H,11H2,1H3,(H,22,24). The van der Waals surface area contributed by atoms with Gasteiger partial charge >= 0.3 is 0 Å². The molecule has 3 rings (SSSR count). The molecule has 1 amide bonds. The number of amides is 1. The van der Waals surface area contributed by atoms with Crippen molar-refractivity contribution >= 4 is 56.2 Å². The molecule has 1 heterocycles. The first kappa shape index (κ1) is 20.7. The van der Waals surface area contributed by atoms with Gasteiger partial charge in [-0.25, -0.2) is 8.42 Å². The van der Waals surface area contributed by atoms with Crippen LogP contribution in [-0.4, -0.2) is 14.3 Å². The molecule has 146 valence electrons. The molecule has 2 N–H and O–H groups in total. The summed E-state index contributed by atoms with van der Waals surface area (Å²) in [7, 11) is -3.91. The summed E-state index contributed by atoms with van der Waals surface area (Å²) in [5.41, 5.74) is 0.735. The molecular weight excluding hydrogens is 439 g/mol. The molecule has 0 aliphatic rings. The Morgan fingerprint density at radius 2 is 1.75 bits per heavy atom. The number of carbonyl (C=O) groups excluding carboxylic acids is 1. The van der Waals surface area contributed by atoms with Crippen LogP contribution in [0.3, 0.4) is 0 Å². The molecule has 0 radical (unpaired) electrons. The molecule has 0 atom stereocenters. The highest BCUT2D eigenvalue weighted by Crippen LogP contribution is 2.27. The Balaban J connectivity index is 1.68. The van der Waals surface area contributed by atoms with Gasteiger partial charge in [-0.15, -0.1) is 11.3 Å². The van der Waals surface area contributed by atoms with Crippen molar-refractivity contribution in [1.82, 2.24) is 5.32 Å². The lowest BCUT2D eigenvalue weighted by atomic mass is 10.2. The summed E-state index contributed by atoms with van der Waals surface area (Å²) in [4.78, 5) is 14.4. The van der Waals surface area contributed by atoms with Crippen molar-refractivity contribution in [2.45, 2.75) is 18.4 Å². The third-order valence-corrected chi connectivity index (χ3v) is 6.90. The van der Waals surface area contributed by atoms with Gasteiger partial charge in [-0.1, -0.05) is 23.2 Å². The van der Waals surface area contributed by atoms with Crippen LogP contribution < -0.4 is 10.0 Å². The molecule has 0 saturated heterocycles. The van der Waals surface area contributed by atoms with Crippen molar-refractivity contribution in [2.24, 2.45) is 0 Å². The minimum Gasteiger partial charge on any atom is -0.347 e. The second-order valence-electron chi connectivity index (χ2n) is 5.95. The maximum atomic E-state index is 12.5. The topological polar surface area (TPSA) is 75.3 Å². The van der Waals surface area contributed by atoms with E-state index in [2.05, 4.69) is 10.0 Å². The van der Waals surface area contributed by atoms with E-state index in [1.165, 1.54) is 35.2 Å². The lowest BCUT2D eigenvalue weighted by Crippen LogP contribution is -2.22. The lowest BCUT2D eigenvalue weighted by molar-refractivity contribution is 0.0951. The maximum Gasteiger partial charge on any atom is 0.263 e. The molecule has 3 aromatic rings. The van der Waals surface area contributed by atoms with Gasteiger partial charge in [0.2, 0.25) is 0 Å². The summed E-state index contributed by atoms with van der Waals surface area (Å²) >= 11 is 13.5. The fraction of sp³-hybridized carbons (Fsp3) is 0.105. The molecular formula is C19H16Cl2N2O3S2. The smallest absolute Gasteiger partial charge is 0.263 e. The van der Waals surface area contributed by atoms with Crippen LogP contribution in [0.5, 0.6) is 0 Å². The Morgan fingerprint density at radius 3 is 2.39 bits per heavy atom. The largest absolute Gasteiger partial charge is 0.347 e. The zero-order valence-corrected chi connectivity index (χ0v) is 17.8. The summed E-state index contributed by atoms with van der Waals surface area (Å²) in [6, 6.07) is 14.3. The van der Waals surface area contributed by atoms with Crippen LogP contribution in [0.15, 0.2) is 59.5 Å². The molecule has 2 aromatic carbocycles. The van der Waals surface area contributed by atoms with Crippen LogP contribution in [0, 0.1) is 6.92 Å². The number of carbonyl (C=O) groups is 1. The summed E-state index contributed by atoms with van der Waals surface area (Å²) in [5, 5.41) is 3.16. The molecule has 5 nitrogen and oxygen atoms in total. The Morgan fingerprint density at radius 1 is 1.04 bits per heavy atom. The molecule has 9 heteroatoms. The van der Waals surface area contributed by atoms with Gasteiger partial charge in [0, 0.05) is 26.0 Å². The van der Waals surface area contributed by atoms with Gasteiger partial charge in [0.15, 0.2) is 0 Å². The van der Waals surface area contributed by atoms with Gasteiger partial charge in [-0.05, 0) is 61.5 Å². The summed E-state index contributed by atoms with van der Waals surface area (Å²) in [6.07, 6.45) is 0. The monoisotopic (exact) mass is 454 g/mol. The number of hydrogen-bond donors (Lipinski definition) is 2. The Bertz CT molecular complexity index is 1110. The first-order valence-corrected chi connectivity index (χ1v) is 11.2. The highest BCUT2D eigenvalue weighted by atomic mass is 35.5. The predicted molar refractivity (Wildman–Crippen MR) is 114 cm³/mol. The maximum absolute atomic E-state index is 12.5. The lowest BCUT2D eigenvalue weighted by Gasteiger charge is -2.10. The van der Waals surface area contributed by atoms with E-state index in [4.69, 9.17) is 23.2 Å². The Hall–Kier alpha value is -2.06. The zero-order valence-electron chi connectivity index (χ0n) is 14.7. The molecule has 0 fully saturated rings. The van der Waals surface area contributed by atoms with Crippen LogP contribution in [0.25, 0.3) is 0 Å². The van der Waals surface area contributed by atoms with E-state index in [1.807, 2.05) is 19.1 Å². The molecule has 0 saturated carbocycles. The molecule has 0 bridgehead atoms. The van der Waals surface area contributed by atoms with Crippen LogP contribution in [0.2, 0.25) is 10.0 Å². The van der Waals surface area contributed by atoms with E-state index in [0.717, 1.165) is 4.88 Å². The molecule has 0 unspecified atom stereocenters. The van der Waals surface area contributed by atoms with Crippen molar-refractivity contribution in [1.29, 1.82) is 0 Å². The summed E-state index contributed by atoms with van der Waals surface area (Å²) in [6.45, 7) is 2.45. The van der Waals surface area contributed by atoms with Gasteiger partial charge in [-0.3, -0.25) is 9.52 Å². The number of aryl methyl sites for hydroxylation is 1. The number of anilines is 1. The minimum atomic E-state index is -3.91. The molecule has 1 aromatic heterocycles. The van der Waals surface area contributed by atoms with Crippen molar-refractivity contribution in [3.63, 3.8) is 0 Å². The third-order valence-electron chi connectivity index (χ3n) is 3.80. The molecule has 0 aliphatic heterocycles. The second-order valence-corrected chi connectivity index (χ2v) is 9.82. The quantitative estimate of drug-likeness (QED) is 0.544. The number of nitrogens with one attached hydrogen (secondary N) is 2. The second kappa shape index (κ2) is 8.53. The number of benzene rings is 2. The van der Waals surface area contributed by atoms with Crippen molar-refractivity contribution in [3.05, 3.63) is 80.0 Å². The fourth-order valence-electron chi connectivity index (χ4n) is 2.43. The van der Waals surface area contributed by atoms with Gasteiger partial charge in [0.25, 0.3) is 15.9 Å². The fourth-order valence-corrected chi connectivity index (χ4v) is 5.08. The van der Waals surface area contributed by atoms with Crippen LogP contribution in [-0.2, 0) is 16.6 Å². The number of rotatable bonds is 6. The first-order chi connectivity index (χ1) is 13.2. The average Bonchev–Trinajstić information content (AvgIpc) is 3.07. The predicted octanol–water partition coefficient (Wildman–Crippen LogP) is 5.09. The minimum absolute atomic E-state index is 0.0664. The van der Waals surface area contributed by atoms with Gasteiger partial charge in [-0.2, -0.15) is 0 Å². The zero-order chi connectivity index (χ0) is 20.3. The van der Waals surface area contributed by atoms with E-state index in [-0.39, 0.29) is 20.8 Å². The number of hydrogen-bond acceptors (Lipinski definition) is 4. The number of thiophene rings is 1. The van der Waals surface area contributed by atoms with E-state index < -0.39 is 10.0 Å². The van der Waals surface area contributed by atoms with Crippen LogP contribution in [0.4, 0.5) is 5.69 Å². The van der Waals surface area contributed by atoms with E-state index >= 15 is 0 Å². The molecule has 0 aliphatic carbocycles. The normalized spacial score (nSPS) is 11.2. The van der Waals surface area contributed by atoms with E-state index in [0.29, 0.717) is 17.8 Å². The molecule has 0 spiro atoms. The SMILES string of the molecule is Cc1ccc(CNC(=O)c2ccc(NS(=O)(=O)c3cc(Cl)ccc3Cl)cc2)s1. The van der Waals surface area contributed by atoms with Gasteiger partial charge < -0.3 is 5.32 Å². The first-order valence-electron chi connectivity index (χ1n) is 8.16. The van der Waals surface area contributed by atoms with Crippen molar-refractivity contribution in [2.75, 3.05) is 4.72 Å². The summed E-state index contributed by atoms with van der Waals surface area (Å²) < 4.78 is 27.5. The number of halogens is 2. The highest BCUT2D eigenvalue weighted by Gasteiger charge is 2.19. The Kier molecular flexibility index (Phi) is 6.30. The van der Waals surface area contributed by atoms with Crippen LogP contribution in [0.1, 0.15) is 20.1 Å². The van der Waals surface area contributed by atoms with Crippen molar-refractivity contribution in [3.8, 4) is 0 Å². The van der Waals surface area contributed by atoms with Crippen LogP contribution >= 0.6 is 34.5 Å². The van der Waals surface area contributed by atoms with Crippen molar-refractivity contribution < 1.29 is 13.2 Å². The van der Waals surface area contributed by atoms with Gasteiger partial charge in [0.1, 0.15) is 4.90 Å². The summed E-state index contributed by atoms with van der Waals surface area (Å²) in [5.74, 6) is -0.238. The van der Waals surface area contributed by atoms with E-state index in [9.17, 15) is 13.2 Å². The highest BCUT2D eigenvalue weighted by molar-refractivity contribution is 7.92. The van der Waals surface area contributed by atoms with Gasteiger partial charge in [0.05, 0.1) is 11.6 Å². The Labute approximate surface area is 177 Å². The van der Waals surface area contributed by atoms with E-state index in [1.54, 1.807) is 23.5 Å². The number of sulfonamides is 1. The average molecular weight is 455 g/mol. The third kappa shape index (κ3) is 5.05. The molecule has 28 heavy (non-hydrogen) atoms.